The second-order valence-corrected chi connectivity index (χ2v) is 6.29. The van der Waals surface area contributed by atoms with Crippen LogP contribution in [-0.4, -0.2) is 22.0 Å². The van der Waals surface area contributed by atoms with Gasteiger partial charge in [0.2, 0.25) is 5.91 Å². The molecule has 1 aromatic carbocycles. The molecular weight excluding hydrogens is 322 g/mol. The first kappa shape index (κ1) is 16.1. The molecule has 0 saturated carbocycles. The van der Waals surface area contributed by atoms with Gasteiger partial charge in [-0.05, 0) is 30.0 Å². The number of nitrogens with one attached hydrogen (secondary N) is 1. The Morgan fingerprint density at radius 2 is 2.08 bits per heavy atom. The molecule has 0 unspecified atom stereocenters. The number of aromatic nitrogens is 2. The Labute approximate surface area is 143 Å². The molecule has 0 spiro atoms. The Morgan fingerprint density at radius 3 is 2.88 bits per heavy atom. The highest BCUT2D eigenvalue weighted by Crippen LogP contribution is 2.13. The van der Waals surface area contributed by atoms with E-state index in [0.717, 1.165) is 5.56 Å². The maximum Gasteiger partial charge on any atom is 0.271 e. The fraction of sp³-hybridized carbons (Fsp3) is 0.167. The summed E-state index contributed by atoms with van der Waals surface area (Å²) in [5.41, 5.74) is 2.25. The first-order valence-corrected chi connectivity index (χ1v) is 8.47. The zero-order chi connectivity index (χ0) is 16.9. The van der Waals surface area contributed by atoms with Crippen molar-refractivity contribution >= 4 is 33.5 Å². The van der Waals surface area contributed by atoms with Gasteiger partial charge in [-0.25, -0.2) is 4.98 Å². The zero-order valence-corrected chi connectivity index (χ0v) is 14.0. The number of amides is 1. The molecule has 0 aliphatic carbocycles. The van der Waals surface area contributed by atoms with E-state index >= 15 is 0 Å². The first-order chi connectivity index (χ1) is 11.6. The Hall–Kier alpha value is -2.73. The number of thiophene rings is 1. The van der Waals surface area contributed by atoms with Crippen LogP contribution in [0.1, 0.15) is 12.5 Å². The van der Waals surface area contributed by atoms with Gasteiger partial charge in [-0.2, -0.15) is 0 Å². The summed E-state index contributed by atoms with van der Waals surface area (Å²) in [5, 5.41) is 4.68. The van der Waals surface area contributed by atoms with Crippen LogP contribution in [0.4, 0.5) is 0 Å². The maximum atomic E-state index is 12.2. The smallest absolute Gasteiger partial charge is 0.271 e. The fourth-order valence-electron chi connectivity index (χ4n) is 2.33. The van der Waals surface area contributed by atoms with Crippen molar-refractivity contribution in [2.75, 3.05) is 6.54 Å². The Bertz CT molecular complexity index is 942. The van der Waals surface area contributed by atoms with Crippen LogP contribution < -0.4 is 10.9 Å². The van der Waals surface area contributed by atoms with Gasteiger partial charge in [-0.1, -0.05) is 30.3 Å². The van der Waals surface area contributed by atoms with E-state index in [2.05, 4.69) is 10.3 Å². The van der Waals surface area contributed by atoms with Gasteiger partial charge in [0.25, 0.3) is 5.56 Å². The van der Waals surface area contributed by atoms with E-state index in [0.29, 0.717) is 28.9 Å². The molecule has 0 atom stereocenters. The monoisotopic (exact) mass is 339 g/mol. The standard InChI is InChI=1S/C18H17N3O2S/c1-13(11-14-5-3-2-4-6-14)17(22)19-8-9-21-12-20-15-7-10-24-16(15)18(21)23/h2-7,10-12H,8-9H2,1H3,(H,19,22)/b13-11+. The minimum absolute atomic E-state index is 0.0687. The maximum absolute atomic E-state index is 12.2. The van der Waals surface area contributed by atoms with Gasteiger partial charge in [0.05, 0.1) is 11.8 Å². The van der Waals surface area contributed by atoms with Crippen molar-refractivity contribution < 1.29 is 4.79 Å². The average molecular weight is 339 g/mol. The normalized spacial score (nSPS) is 11.6. The molecule has 5 nitrogen and oxygen atoms in total. The third-order valence-corrected chi connectivity index (χ3v) is 4.51. The van der Waals surface area contributed by atoms with E-state index in [4.69, 9.17) is 0 Å². The van der Waals surface area contributed by atoms with Gasteiger partial charge in [0.15, 0.2) is 0 Å². The number of benzene rings is 1. The highest BCUT2D eigenvalue weighted by atomic mass is 32.1. The van der Waals surface area contributed by atoms with Gasteiger partial charge in [0.1, 0.15) is 4.70 Å². The van der Waals surface area contributed by atoms with Crippen LogP contribution in [0.5, 0.6) is 0 Å². The minimum atomic E-state index is -0.142. The summed E-state index contributed by atoms with van der Waals surface area (Å²) in [4.78, 5) is 28.6. The van der Waals surface area contributed by atoms with Crippen molar-refractivity contribution in [1.82, 2.24) is 14.9 Å². The molecule has 3 rings (SSSR count). The van der Waals surface area contributed by atoms with Crippen LogP contribution in [0, 0.1) is 0 Å². The van der Waals surface area contributed by atoms with Crippen molar-refractivity contribution in [3.8, 4) is 0 Å². The minimum Gasteiger partial charge on any atom is -0.351 e. The number of nitrogens with zero attached hydrogens (tertiary/aromatic N) is 2. The molecule has 0 radical (unpaired) electrons. The largest absolute Gasteiger partial charge is 0.351 e. The lowest BCUT2D eigenvalue weighted by Crippen LogP contribution is -2.31. The lowest BCUT2D eigenvalue weighted by Gasteiger charge is -2.07. The molecule has 6 heteroatoms. The highest BCUT2D eigenvalue weighted by Gasteiger charge is 2.07. The van der Waals surface area contributed by atoms with Crippen LogP contribution in [0.15, 0.2) is 58.5 Å². The highest BCUT2D eigenvalue weighted by molar-refractivity contribution is 7.17. The second-order valence-electron chi connectivity index (χ2n) is 5.37. The van der Waals surface area contributed by atoms with Gasteiger partial charge in [-0.15, -0.1) is 11.3 Å². The lowest BCUT2D eigenvalue weighted by molar-refractivity contribution is -0.117. The molecule has 1 amide bonds. The van der Waals surface area contributed by atoms with Gasteiger partial charge in [0, 0.05) is 18.7 Å². The third-order valence-electron chi connectivity index (χ3n) is 3.61. The zero-order valence-electron chi connectivity index (χ0n) is 13.2. The molecule has 122 valence electrons. The van der Waals surface area contributed by atoms with E-state index in [1.165, 1.54) is 22.2 Å². The first-order valence-electron chi connectivity index (χ1n) is 7.59. The molecule has 0 aliphatic heterocycles. The van der Waals surface area contributed by atoms with Gasteiger partial charge >= 0.3 is 0 Å². The predicted octanol–water partition coefficient (Wildman–Crippen LogP) is 2.68. The van der Waals surface area contributed by atoms with Crippen LogP contribution in [0.25, 0.3) is 16.3 Å². The van der Waals surface area contributed by atoms with Gasteiger partial charge in [-0.3, -0.25) is 14.2 Å². The van der Waals surface area contributed by atoms with E-state index in [9.17, 15) is 9.59 Å². The fourth-order valence-corrected chi connectivity index (χ4v) is 3.12. The number of hydrogen-bond donors (Lipinski definition) is 1. The molecule has 24 heavy (non-hydrogen) atoms. The van der Waals surface area contributed by atoms with E-state index in [-0.39, 0.29) is 11.5 Å². The molecule has 2 heterocycles. The molecule has 0 fully saturated rings. The predicted molar refractivity (Wildman–Crippen MR) is 97.0 cm³/mol. The molecule has 0 bridgehead atoms. The summed E-state index contributed by atoms with van der Waals surface area (Å²) >= 11 is 1.38. The van der Waals surface area contributed by atoms with Crippen molar-refractivity contribution in [1.29, 1.82) is 0 Å². The SMILES string of the molecule is C/C(=C\c1ccccc1)C(=O)NCCn1cnc2ccsc2c1=O. The number of carbonyl (C=O) groups excluding carboxylic acids is 1. The summed E-state index contributed by atoms with van der Waals surface area (Å²) in [5.74, 6) is -0.142. The van der Waals surface area contributed by atoms with Crippen LogP contribution in [-0.2, 0) is 11.3 Å². The topological polar surface area (TPSA) is 64.0 Å². The number of carbonyl (C=O) groups is 1. The van der Waals surface area contributed by atoms with E-state index in [1.54, 1.807) is 6.92 Å². The molecule has 1 N–H and O–H groups in total. The van der Waals surface area contributed by atoms with E-state index < -0.39 is 0 Å². The van der Waals surface area contributed by atoms with E-state index in [1.807, 2.05) is 47.9 Å². The van der Waals surface area contributed by atoms with Crippen molar-refractivity contribution in [3.05, 3.63) is 69.6 Å². The Morgan fingerprint density at radius 1 is 1.29 bits per heavy atom. The van der Waals surface area contributed by atoms with Crippen molar-refractivity contribution in [2.24, 2.45) is 0 Å². The number of rotatable bonds is 5. The van der Waals surface area contributed by atoms with Crippen molar-refractivity contribution in [3.63, 3.8) is 0 Å². The number of hydrogen-bond acceptors (Lipinski definition) is 4. The van der Waals surface area contributed by atoms with Crippen LogP contribution in [0.2, 0.25) is 0 Å². The average Bonchev–Trinajstić information content (AvgIpc) is 3.07. The Kier molecular flexibility index (Phi) is 4.86. The van der Waals surface area contributed by atoms with Crippen LogP contribution >= 0.6 is 11.3 Å². The molecule has 3 aromatic rings. The quantitative estimate of drug-likeness (QED) is 0.727. The molecule has 0 saturated heterocycles. The summed E-state index contributed by atoms with van der Waals surface area (Å²) in [7, 11) is 0. The summed E-state index contributed by atoms with van der Waals surface area (Å²) in [6.45, 7) is 2.54. The van der Waals surface area contributed by atoms with Crippen LogP contribution in [0.3, 0.4) is 0 Å². The lowest BCUT2D eigenvalue weighted by atomic mass is 10.1. The molecule has 0 aliphatic rings. The van der Waals surface area contributed by atoms with Crippen molar-refractivity contribution in [2.45, 2.75) is 13.5 Å². The Balaban J connectivity index is 1.61. The van der Waals surface area contributed by atoms with Gasteiger partial charge < -0.3 is 5.32 Å². The summed E-state index contributed by atoms with van der Waals surface area (Å²) in [6, 6.07) is 11.5. The molecular formula is C18H17N3O2S. The molecule has 2 aromatic heterocycles. The third kappa shape index (κ3) is 3.60. The summed E-state index contributed by atoms with van der Waals surface area (Å²) < 4.78 is 2.17. The number of fused-ring (bicyclic) bond motifs is 1. The summed E-state index contributed by atoms with van der Waals surface area (Å²) in [6.07, 6.45) is 3.36. The second kappa shape index (κ2) is 7.23.